The summed E-state index contributed by atoms with van der Waals surface area (Å²) < 4.78 is 25.0. The second-order valence-electron chi connectivity index (χ2n) is 6.40. The van der Waals surface area contributed by atoms with Crippen molar-refractivity contribution in [1.82, 2.24) is 5.32 Å². The molecule has 24 heavy (non-hydrogen) atoms. The molecule has 1 aromatic rings. The average molecular weight is 371 g/mol. The highest BCUT2D eigenvalue weighted by molar-refractivity contribution is 7.94. The first-order valence-corrected chi connectivity index (χ1v) is 9.95. The standard InChI is InChI=1S/C16H19ClN2O4S/c1-10-9-24(22,23)19(16(10)21)12-6-7-13(14(17)8-12)15(20)18-11-4-2-3-5-11/h6-8,10-11H,2-5,9H2,1H3,(H,18,20). The summed E-state index contributed by atoms with van der Waals surface area (Å²) in [7, 11) is -3.68. The van der Waals surface area contributed by atoms with E-state index in [1.807, 2.05) is 0 Å². The van der Waals surface area contributed by atoms with Crippen LogP contribution in [-0.4, -0.2) is 32.0 Å². The van der Waals surface area contributed by atoms with Gasteiger partial charge in [-0.3, -0.25) is 9.59 Å². The van der Waals surface area contributed by atoms with Crippen LogP contribution in [0.15, 0.2) is 18.2 Å². The lowest BCUT2D eigenvalue weighted by molar-refractivity contribution is -0.119. The molecule has 3 rings (SSSR count). The van der Waals surface area contributed by atoms with Gasteiger partial charge in [0.1, 0.15) is 0 Å². The summed E-state index contributed by atoms with van der Waals surface area (Å²) in [4.78, 5) is 24.4. The third kappa shape index (κ3) is 3.15. The van der Waals surface area contributed by atoms with Crippen LogP contribution in [0.1, 0.15) is 43.0 Å². The summed E-state index contributed by atoms with van der Waals surface area (Å²) >= 11 is 6.17. The number of halogens is 1. The Morgan fingerprint density at radius 1 is 1.29 bits per heavy atom. The highest BCUT2D eigenvalue weighted by atomic mass is 35.5. The summed E-state index contributed by atoms with van der Waals surface area (Å²) in [5, 5.41) is 3.07. The zero-order valence-electron chi connectivity index (χ0n) is 13.3. The van der Waals surface area contributed by atoms with Gasteiger partial charge in [-0.05, 0) is 31.0 Å². The molecule has 0 aromatic heterocycles. The topological polar surface area (TPSA) is 83.6 Å². The van der Waals surface area contributed by atoms with Gasteiger partial charge >= 0.3 is 0 Å². The van der Waals surface area contributed by atoms with E-state index in [9.17, 15) is 18.0 Å². The quantitative estimate of drug-likeness (QED) is 0.885. The van der Waals surface area contributed by atoms with Gasteiger partial charge in [0.15, 0.2) is 0 Å². The van der Waals surface area contributed by atoms with Crippen LogP contribution in [0, 0.1) is 5.92 Å². The molecule has 1 heterocycles. The Morgan fingerprint density at radius 2 is 1.96 bits per heavy atom. The number of carbonyl (C=O) groups excluding carboxylic acids is 2. The predicted octanol–water partition coefficient (Wildman–Crippen LogP) is 2.32. The van der Waals surface area contributed by atoms with Gasteiger partial charge in [-0.1, -0.05) is 31.4 Å². The molecule has 2 fully saturated rings. The lowest BCUT2D eigenvalue weighted by Gasteiger charge is -2.17. The number of nitrogens with one attached hydrogen (secondary N) is 1. The smallest absolute Gasteiger partial charge is 0.253 e. The number of benzene rings is 1. The molecule has 6 nitrogen and oxygen atoms in total. The normalized spacial score (nSPS) is 23.7. The highest BCUT2D eigenvalue weighted by Crippen LogP contribution is 2.31. The van der Waals surface area contributed by atoms with Crippen molar-refractivity contribution < 1.29 is 18.0 Å². The number of amides is 2. The first-order chi connectivity index (χ1) is 11.3. The average Bonchev–Trinajstić information content (AvgIpc) is 3.05. The molecule has 2 aliphatic rings. The van der Waals surface area contributed by atoms with Crippen molar-refractivity contribution in [1.29, 1.82) is 0 Å². The maximum absolute atomic E-state index is 12.3. The molecule has 1 N–H and O–H groups in total. The van der Waals surface area contributed by atoms with Gasteiger partial charge in [0, 0.05) is 6.04 Å². The molecule has 0 radical (unpaired) electrons. The third-order valence-corrected chi connectivity index (χ3v) is 6.66. The second kappa shape index (κ2) is 6.37. The minimum Gasteiger partial charge on any atom is -0.349 e. The van der Waals surface area contributed by atoms with E-state index in [2.05, 4.69) is 5.32 Å². The number of sulfonamides is 1. The molecule has 1 aliphatic carbocycles. The molecular formula is C16H19ClN2O4S. The SMILES string of the molecule is CC1CS(=O)(=O)N(c2ccc(C(=O)NC3CCCC3)c(Cl)c2)C1=O. The van der Waals surface area contributed by atoms with Gasteiger partial charge in [0.05, 0.1) is 27.9 Å². The van der Waals surface area contributed by atoms with Crippen LogP contribution in [0.25, 0.3) is 0 Å². The number of hydrogen-bond donors (Lipinski definition) is 1. The summed E-state index contributed by atoms with van der Waals surface area (Å²) in [6, 6.07) is 4.43. The molecule has 0 bridgehead atoms. The fourth-order valence-corrected chi connectivity index (χ4v) is 5.31. The van der Waals surface area contributed by atoms with Crippen LogP contribution in [0.2, 0.25) is 5.02 Å². The number of nitrogens with zero attached hydrogens (tertiary/aromatic N) is 1. The number of hydrogen-bond acceptors (Lipinski definition) is 4. The fraction of sp³-hybridized carbons (Fsp3) is 0.500. The summed E-state index contributed by atoms with van der Waals surface area (Å²) in [5.74, 6) is -1.55. The van der Waals surface area contributed by atoms with Gasteiger partial charge in [-0.2, -0.15) is 0 Å². The van der Waals surface area contributed by atoms with Crippen molar-refractivity contribution in [3.05, 3.63) is 28.8 Å². The Kier molecular flexibility index (Phi) is 4.57. The summed E-state index contributed by atoms with van der Waals surface area (Å²) in [5.41, 5.74) is 0.455. The predicted molar refractivity (Wildman–Crippen MR) is 91.6 cm³/mol. The van der Waals surface area contributed by atoms with Gasteiger partial charge in [0.25, 0.3) is 5.91 Å². The monoisotopic (exact) mass is 370 g/mol. The van der Waals surface area contributed by atoms with E-state index >= 15 is 0 Å². The Hall–Kier alpha value is -1.60. The third-order valence-electron chi connectivity index (χ3n) is 4.48. The van der Waals surface area contributed by atoms with Crippen molar-refractivity contribution in [2.75, 3.05) is 10.1 Å². The largest absolute Gasteiger partial charge is 0.349 e. The molecule has 1 aromatic carbocycles. The van der Waals surface area contributed by atoms with Crippen LogP contribution >= 0.6 is 11.6 Å². The van der Waals surface area contributed by atoms with Crippen LogP contribution in [0.3, 0.4) is 0 Å². The molecule has 1 unspecified atom stereocenters. The van der Waals surface area contributed by atoms with Crippen molar-refractivity contribution >= 4 is 39.1 Å². The van der Waals surface area contributed by atoms with E-state index in [0.29, 0.717) is 0 Å². The van der Waals surface area contributed by atoms with E-state index in [1.165, 1.54) is 18.2 Å². The zero-order chi connectivity index (χ0) is 17.5. The van der Waals surface area contributed by atoms with Crippen LogP contribution < -0.4 is 9.62 Å². The van der Waals surface area contributed by atoms with Crippen LogP contribution in [-0.2, 0) is 14.8 Å². The Balaban J connectivity index is 1.84. The Bertz CT molecular complexity index is 787. The second-order valence-corrected chi connectivity index (χ2v) is 8.67. The molecule has 8 heteroatoms. The minimum atomic E-state index is -3.68. The van der Waals surface area contributed by atoms with Gasteiger partial charge in [-0.15, -0.1) is 0 Å². The molecule has 1 atom stereocenters. The van der Waals surface area contributed by atoms with Crippen LogP contribution in [0.5, 0.6) is 0 Å². The number of rotatable bonds is 3. The van der Waals surface area contributed by atoms with Gasteiger partial charge in [-0.25, -0.2) is 12.7 Å². The van der Waals surface area contributed by atoms with Crippen molar-refractivity contribution in [3.63, 3.8) is 0 Å². The van der Waals surface area contributed by atoms with Crippen molar-refractivity contribution in [3.8, 4) is 0 Å². The molecule has 1 saturated carbocycles. The van der Waals surface area contributed by atoms with Crippen molar-refractivity contribution in [2.24, 2.45) is 5.92 Å². The van der Waals surface area contributed by atoms with E-state index in [1.54, 1.807) is 6.92 Å². The van der Waals surface area contributed by atoms with Crippen molar-refractivity contribution in [2.45, 2.75) is 38.6 Å². The number of carbonyl (C=O) groups is 2. The first-order valence-electron chi connectivity index (χ1n) is 7.97. The van der Waals surface area contributed by atoms with Crippen LogP contribution in [0.4, 0.5) is 5.69 Å². The van der Waals surface area contributed by atoms with E-state index in [-0.39, 0.29) is 34.0 Å². The highest BCUT2D eigenvalue weighted by Gasteiger charge is 2.42. The lowest BCUT2D eigenvalue weighted by Crippen LogP contribution is -2.33. The van der Waals surface area contributed by atoms with E-state index in [4.69, 9.17) is 11.6 Å². The maximum Gasteiger partial charge on any atom is 0.253 e. The number of anilines is 1. The fourth-order valence-electron chi connectivity index (χ4n) is 3.23. The molecular weight excluding hydrogens is 352 g/mol. The van der Waals surface area contributed by atoms with Gasteiger partial charge in [0.2, 0.25) is 15.9 Å². The lowest BCUT2D eigenvalue weighted by atomic mass is 10.1. The zero-order valence-corrected chi connectivity index (χ0v) is 14.9. The summed E-state index contributed by atoms with van der Waals surface area (Å²) in [6.07, 6.45) is 4.12. The first kappa shape index (κ1) is 17.2. The molecule has 2 amide bonds. The Labute approximate surface area is 146 Å². The molecule has 1 aliphatic heterocycles. The minimum absolute atomic E-state index is 0.130. The Morgan fingerprint density at radius 3 is 2.50 bits per heavy atom. The molecule has 130 valence electrons. The van der Waals surface area contributed by atoms with E-state index < -0.39 is 21.8 Å². The maximum atomic E-state index is 12.3. The molecule has 1 saturated heterocycles. The molecule has 0 spiro atoms. The van der Waals surface area contributed by atoms with Gasteiger partial charge < -0.3 is 5.32 Å². The van der Waals surface area contributed by atoms with E-state index in [0.717, 1.165) is 30.0 Å². The summed E-state index contributed by atoms with van der Waals surface area (Å²) in [6.45, 7) is 1.57.